The number of hydrogen-bond acceptors (Lipinski definition) is 6. The third-order valence-electron chi connectivity index (χ3n) is 4.72. The first kappa shape index (κ1) is 20.9. The SMILES string of the molecule is CN(C(=O)CCN1C(=O)S/C(=C\c2cccc(Cl)c2)C1=O)[C@H]1CCS(=O)(=O)C1. The Morgan fingerprint density at radius 2 is 2.14 bits per heavy atom. The Labute approximate surface area is 172 Å². The molecule has 2 heterocycles. The first-order valence-corrected chi connectivity index (χ1v) is 11.6. The van der Waals surface area contributed by atoms with E-state index in [2.05, 4.69) is 0 Å². The van der Waals surface area contributed by atoms with Crippen LogP contribution < -0.4 is 0 Å². The summed E-state index contributed by atoms with van der Waals surface area (Å²) in [6, 6.07) is 6.56. The minimum Gasteiger partial charge on any atom is -0.342 e. The molecule has 28 heavy (non-hydrogen) atoms. The summed E-state index contributed by atoms with van der Waals surface area (Å²) in [4.78, 5) is 39.8. The summed E-state index contributed by atoms with van der Waals surface area (Å²) in [7, 11) is -1.54. The van der Waals surface area contributed by atoms with Crippen LogP contribution in [0, 0.1) is 0 Å². The predicted octanol–water partition coefficient (Wildman–Crippen LogP) is 2.41. The highest BCUT2D eigenvalue weighted by atomic mass is 35.5. The standard InChI is InChI=1S/C18H19ClN2O5S2/c1-20(14-6-8-28(25,26)11-14)16(22)5-7-21-17(23)15(27-18(21)24)10-12-3-2-4-13(19)9-12/h2-4,9-10,14H,5-8,11H2,1H3/b15-10-/t14-/m0/s1. The van der Waals surface area contributed by atoms with Crippen LogP contribution in [0.2, 0.25) is 5.02 Å². The Morgan fingerprint density at radius 3 is 2.79 bits per heavy atom. The van der Waals surface area contributed by atoms with Gasteiger partial charge in [-0.05, 0) is 42.0 Å². The lowest BCUT2D eigenvalue weighted by molar-refractivity contribution is -0.132. The van der Waals surface area contributed by atoms with Crippen molar-refractivity contribution in [3.05, 3.63) is 39.8 Å². The van der Waals surface area contributed by atoms with Crippen LogP contribution in [-0.2, 0) is 19.4 Å². The van der Waals surface area contributed by atoms with Crippen molar-refractivity contribution >= 4 is 56.3 Å². The number of nitrogens with zero attached hydrogens (tertiary/aromatic N) is 2. The molecule has 10 heteroatoms. The molecule has 1 aromatic rings. The molecule has 1 aromatic carbocycles. The van der Waals surface area contributed by atoms with Crippen LogP contribution in [-0.4, -0.2) is 66.4 Å². The van der Waals surface area contributed by atoms with E-state index in [-0.39, 0.29) is 41.3 Å². The van der Waals surface area contributed by atoms with Crippen molar-refractivity contribution in [2.24, 2.45) is 0 Å². The van der Waals surface area contributed by atoms with E-state index in [0.29, 0.717) is 17.0 Å². The third-order valence-corrected chi connectivity index (χ3v) is 7.61. The highest BCUT2D eigenvalue weighted by molar-refractivity contribution is 8.18. The first-order chi connectivity index (χ1) is 13.2. The van der Waals surface area contributed by atoms with Crippen molar-refractivity contribution in [1.82, 2.24) is 9.80 Å². The molecule has 0 bridgehead atoms. The zero-order chi connectivity index (χ0) is 20.5. The van der Waals surface area contributed by atoms with E-state index in [1.165, 1.54) is 4.90 Å². The van der Waals surface area contributed by atoms with Gasteiger partial charge in [-0.2, -0.15) is 0 Å². The Kier molecular flexibility index (Phi) is 6.16. The molecule has 0 aromatic heterocycles. The highest BCUT2D eigenvalue weighted by Gasteiger charge is 2.36. The number of imide groups is 1. The topological polar surface area (TPSA) is 91.8 Å². The zero-order valence-corrected chi connectivity index (χ0v) is 17.5. The van der Waals surface area contributed by atoms with Crippen molar-refractivity contribution in [2.45, 2.75) is 18.9 Å². The van der Waals surface area contributed by atoms with Crippen LogP contribution in [0.4, 0.5) is 4.79 Å². The summed E-state index contributed by atoms with van der Waals surface area (Å²) in [5.41, 5.74) is 0.705. The molecule has 7 nitrogen and oxygen atoms in total. The van der Waals surface area contributed by atoms with Crippen molar-refractivity contribution in [3.63, 3.8) is 0 Å². The molecule has 0 N–H and O–H groups in total. The minimum absolute atomic E-state index is 0.0415. The average Bonchev–Trinajstić information content (AvgIpc) is 3.11. The molecule has 0 saturated carbocycles. The van der Waals surface area contributed by atoms with Crippen molar-refractivity contribution < 1.29 is 22.8 Å². The molecular weight excluding hydrogens is 424 g/mol. The smallest absolute Gasteiger partial charge is 0.293 e. The lowest BCUT2D eigenvalue weighted by Crippen LogP contribution is -2.40. The fourth-order valence-corrected chi connectivity index (χ4v) is 5.95. The fourth-order valence-electron chi connectivity index (χ4n) is 3.11. The molecule has 2 saturated heterocycles. The molecule has 3 rings (SSSR count). The van der Waals surface area contributed by atoms with Crippen molar-refractivity contribution in [3.8, 4) is 0 Å². The Bertz CT molecular complexity index is 960. The summed E-state index contributed by atoms with van der Waals surface area (Å²) >= 11 is 6.75. The molecule has 0 radical (unpaired) electrons. The summed E-state index contributed by atoms with van der Waals surface area (Å²) in [5, 5.41) is 0.0905. The molecule has 0 spiro atoms. The summed E-state index contributed by atoms with van der Waals surface area (Å²) in [6.45, 7) is -0.0415. The third kappa shape index (κ3) is 4.76. The fraction of sp³-hybridized carbons (Fsp3) is 0.389. The van der Waals surface area contributed by atoms with Crippen LogP contribution in [0.15, 0.2) is 29.2 Å². The molecule has 3 amide bonds. The number of benzene rings is 1. The lowest BCUT2D eigenvalue weighted by atomic mass is 10.2. The number of rotatable bonds is 5. The molecule has 0 aliphatic carbocycles. The van der Waals surface area contributed by atoms with Gasteiger partial charge in [0.2, 0.25) is 5.91 Å². The van der Waals surface area contributed by atoms with E-state index < -0.39 is 21.0 Å². The second kappa shape index (κ2) is 8.26. The van der Waals surface area contributed by atoms with Gasteiger partial charge in [0.15, 0.2) is 9.84 Å². The van der Waals surface area contributed by atoms with Crippen LogP contribution in [0.25, 0.3) is 6.08 Å². The zero-order valence-electron chi connectivity index (χ0n) is 15.1. The monoisotopic (exact) mass is 442 g/mol. The summed E-state index contributed by atoms with van der Waals surface area (Å²) in [6.07, 6.45) is 1.96. The largest absolute Gasteiger partial charge is 0.342 e. The van der Waals surface area contributed by atoms with Gasteiger partial charge in [-0.15, -0.1) is 0 Å². The van der Waals surface area contributed by atoms with Crippen LogP contribution in [0.1, 0.15) is 18.4 Å². The maximum Gasteiger partial charge on any atom is 0.293 e. The second-order valence-corrected chi connectivity index (χ2v) is 10.4. The van der Waals surface area contributed by atoms with E-state index in [9.17, 15) is 22.8 Å². The van der Waals surface area contributed by atoms with E-state index in [1.54, 1.807) is 37.4 Å². The van der Waals surface area contributed by atoms with Crippen LogP contribution in [0.3, 0.4) is 0 Å². The van der Waals surface area contributed by atoms with E-state index in [0.717, 1.165) is 16.7 Å². The lowest BCUT2D eigenvalue weighted by Gasteiger charge is -2.24. The number of thioether (sulfide) groups is 1. The van der Waals surface area contributed by atoms with Gasteiger partial charge in [0.25, 0.3) is 11.1 Å². The molecule has 2 fully saturated rings. The van der Waals surface area contributed by atoms with Crippen LogP contribution in [0.5, 0.6) is 0 Å². The van der Waals surface area contributed by atoms with E-state index in [4.69, 9.17) is 11.6 Å². The van der Waals surface area contributed by atoms with E-state index in [1.807, 2.05) is 0 Å². The quantitative estimate of drug-likeness (QED) is 0.650. The summed E-state index contributed by atoms with van der Waals surface area (Å²) in [5.74, 6) is -0.708. The van der Waals surface area contributed by atoms with Gasteiger partial charge in [-0.25, -0.2) is 8.42 Å². The Morgan fingerprint density at radius 1 is 1.39 bits per heavy atom. The number of carbonyl (C=O) groups is 3. The molecule has 150 valence electrons. The maximum atomic E-state index is 12.5. The number of amides is 3. The van der Waals surface area contributed by atoms with Crippen LogP contribution >= 0.6 is 23.4 Å². The number of carbonyl (C=O) groups excluding carboxylic acids is 3. The molecule has 0 unspecified atom stereocenters. The minimum atomic E-state index is -3.10. The molecular formula is C18H19ClN2O5S2. The Hall–Kier alpha value is -1.84. The number of halogens is 1. The van der Waals surface area contributed by atoms with E-state index >= 15 is 0 Å². The second-order valence-electron chi connectivity index (χ2n) is 6.70. The van der Waals surface area contributed by atoms with Gasteiger partial charge < -0.3 is 4.90 Å². The summed E-state index contributed by atoms with van der Waals surface area (Å²) < 4.78 is 23.2. The van der Waals surface area contributed by atoms with Crippen molar-refractivity contribution in [1.29, 1.82) is 0 Å². The van der Waals surface area contributed by atoms with Gasteiger partial charge in [0.05, 0.1) is 16.4 Å². The molecule has 1 atom stereocenters. The van der Waals surface area contributed by atoms with Gasteiger partial charge in [0, 0.05) is 31.1 Å². The molecule has 2 aliphatic heterocycles. The number of hydrogen-bond donors (Lipinski definition) is 0. The predicted molar refractivity (Wildman–Crippen MR) is 109 cm³/mol. The number of sulfone groups is 1. The average molecular weight is 443 g/mol. The van der Waals surface area contributed by atoms with Gasteiger partial charge in [-0.3, -0.25) is 19.3 Å². The Balaban J connectivity index is 1.61. The first-order valence-electron chi connectivity index (χ1n) is 8.63. The maximum absolute atomic E-state index is 12.5. The highest BCUT2D eigenvalue weighted by Crippen LogP contribution is 2.32. The van der Waals surface area contributed by atoms with Crippen molar-refractivity contribution in [2.75, 3.05) is 25.1 Å². The van der Waals surface area contributed by atoms with Gasteiger partial charge in [-0.1, -0.05) is 23.7 Å². The normalized spacial score (nSPS) is 22.9. The molecule has 2 aliphatic rings. The van der Waals surface area contributed by atoms with Gasteiger partial charge >= 0.3 is 0 Å². The van der Waals surface area contributed by atoms with Gasteiger partial charge in [0.1, 0.15) is 0 Å².